The molecule has 1 saturated heterocycles. The van der Waals surface area contributed by atoms with Crippen LogP contribution in [0.5, 0.6) is 0 Å². The first-order chi connectivity index (χ1) is 18.1. The van der Waals surface area contributed by atoms with Gasteiger partial charge in [0.25, 0.3) is 5.91 Å². The molecule has 9 heteroatoms. The molecule has 37 heavy (non-hydrogen) atoms. The Bertz CT molecular complexity index is 1560. The van der Waals surface area contributed by atoms with E-state index in [1.54, 1.807) is 12.5 Å². The third kappa shape index (κ3) is 3.91. The summed E-state index contributed by atoms with van der Waals surface area (Å²) in [4.78, 5) is 28.5. The van der Waals surface area contributed by atoms with E-state index in [0.717, 1.165) is 60.6 Å². The van der Waals surface area contributed by atoms with E-state index >= 15 is 0 Å². The summed E-state index contributed by atoms with van der Waals surface area (Å²) in [5.41, 5.74) is 5.27. The van der Waals surface area contributed by atoms with Crippen LogP contribution in [0.25, 0.3) is 16.5 Å². The first-order valence-electron chi connectivity index (χ1n) is 12.8. The van der Waals surface area contributed by atoms with Crippen molar-refractivity contribution < 1.29 is 9.21 Å². The normalized spacial score (nSPS) is 19.1. The molecule has 2 aliphatic heterocycles. The Hall–Kier alpha value is -3.95. The van der Waals surface area contributed by atoms with Crippen molar-refractivity contribution in [2.75, 3.05) is 39.8 Å². The zero-order chi connectivity index (χ0) is 24.9. The summed E-state index contributed by atoms with van der Waals surface area (Å²) in [6.45, 7) is 5.74. The summed E-state index contributed by atoms with van der Waals surface area (Å²) in [6.07, 6.45) is 6.15. The lowest BCUT2D eigenvalue weighted by Crippen LogP contribution is -2.43. The van der Waals surface area contributed by atoms with Gasteiger partial charge in [-0.2, -0.15) is 5.10 Å². The average Bonchev–Trinajstić information content (AvgIpc) is 3.66. The van der Waals surface area contributed by atoms with Gasteiger partial charge in [-0.25, -0.2) is 9.50 Å². The quantitative estimate of drug-likeness (QED) is 0.412. The molecule has 1 N–H and O–H groups in total. The van der Waals surface area contributed by atoms with E-state index in [2.05, 4.69) is 38.0 Å². The smallest absolute Gasteiger partial charge is 0.258 e. The number of nitrogens with zero attached hydrogens (tertiary/aromatic N) is 6. The summed E-state index contributed by atoms with van der Waals surface area (Å²) in [6, 6.07) is 13.7. The van der Waals surface area contributed by atoms with E-state index in [-0.39, 0.29) is 5.91 Å². The van der Waals surface area contributed by atoms with E-state index in [4.69, 9.17) is 4.42 Å². The number of likely N-dealkylation sites (N-methyl/N-ethyl adjacent to an activating group) is 1. The monoisotopic (exact) mass is 495 g/mol. The maximum atomic E-state index is 14.0. The predicted molar refractivity (Wildman–Crippen MR) is 139 cm³/mol. The molecule has 5 aromatic rings. The van der Waals surface area contributed by atoms with Crippen LogP contribution in [0.2, 0.25) is 0 Å². The van der Waals surface area contributed by atoms with Crippen LogP contribution in [-0.2, 0) is 13.0 Å². The second-order valence-electron chi connectivity index (χ2n) is 10.1. The molecule has 188 valence electrons. The van der Waals surface area contributed by atoms with Crippen LogP contribution in [0.1, 0.15) is 39.1 Å². The predicted octanol–water partition coefficient (Wildman–Crippen LogP) is 3.34. The van der Waals surface area contributed by atoms with Gasteiger partial charge in [-0.15, -0.1) is 0 Å². The van der Waals surface area contributed by atoms with Crippen molar-refractivity contribution in [3.63, 3.8) is 0 Å². The number of imidazole rings is 1. The fourth-order valence-corrected chi connectivity index (χ4v) is 5.62. The van der Waals surface area contributed by atoms with Crippen LogP contribution in [0.15, 0.2) is 65.6 Å². The van der Waals surface area contributed by atoms with Crippen molar-refractivity contribution in [1.82, 2.24) is 34.3 Å². The van der Waals surface area contributed by atoms with Gasteiger partial charge < -0.3 is 19.2 Å². The highest BCUT2D eigenvalue weighted by atomic mass is 16.3. The molecule has 0 radical (unpaired) electrons. The van der Waals surface area contributed by atoms with Crippen LogP contribution >= 0.6 is 0 Å². The number of piperazine rings is 1. The number of pyridine rings is 1. The molecule has 1 aromatic carbocycles. The molecule has 9 nitrogen and oxygen atoms in total. The number of H-pyrrole nitrogens is 1. The van der Waals surface area contributed by atoms with Gasteiger partial charge in [0.1, 0.15) is 17.4 Å². The number of aromatic amines is 1. The molecular formula is C28H29N7O2. The molecule has 1 fully saturated rings. The number of carbonyl (C=O) groups is 1. The standard InChI is InChI=1S/C28H29N7O2/c1-32-10-12-33(13-11-32)16-19-6-7-23-21(15-31-35(23)17-19)28(36)34-9-8-22-26(30-18-29-22)27(34)25-14-20-4-2-3-5-24(20)37-25/h2-7,14-15,17-18,27H,8-13,16H2,1H3,(H,29,30)/t27-/m1/s1. The highest BCUT2D eigenvalue weighted by Crippen LogP contribution is 2.37. The fraction of sp³-hybridized carbons (Fsp3) is 0.321. The van der Waals surface area contributed by atoms with Crippen LogP contribution in [0, 0.1) is 0 Å². The van der Waals surface area contributed by atoms with Crippen LogP contribution in [0.4, 0.5) is 0 Å². The second-order valence-corrected chi connectivity index (χ2v) is 10.1. The second kappa shape index (κ2) is 8.86. The first-order valence-corrected chi connectivity index (χ1v) is 12.8. The first kappa shape index (κ1) is 22.3. The summed E-state index contributed by atoms with van der Waals surface area (Å²) < 4.78 is 8.07. The average molecular weight is 496 g/mol. The Morgan fingerprint density at radius 1 is 1.11 bits per heavy atom. The lowest BCUT2D eigenvalue weighted by atomic mass is 9.99. The number of amides is 1. The van der Waals surface area contributed by atoms with Crippen LogP contribution in [-0.4, -0.2) is 80.0 Å². The number of para-hydroxylation sites is 1. The van der Waals surface area contributed by atoms with Gasteiger partial charge in [0, 0.05) is 63.0 Å². The zero-order valence-electron chi connectivity index (χ0n) is 20.8. The maximum Gasteiger partial charge on any atom is 0.258 e. The SMILES string of the molecule is CN1CCN(Cc2ccc3c(C(=O)N4CCc5[nH]cnc5[C@H]4c4cc5ccccc5o4)cnn3c2)CC1. The minimum atomic E-state index is -0.402. The Balaban J connectivity index is 1.20. The van der Waals surface area contributed by atoms with E-state index in [1.807, 2.05) is 52.0 Å². The Morgan fingerprint density at radius 2 is 1.97 bits per heavy atom. The number of hydrogen-bond acceptors (Lipinski definition) is 6. The molecule has 0 aliphatic carbocycles. The lowest BCUT2D eigenvalue weighted by molar-refractivity contribution is 0.0675. The molecule has 0 spiro atoms. The molecule has 6 heterocycles. The number of nitrogens with one attached hydrogen (secondary N) is 1. The number of hydrogen-bond donors (Lipinski definition) is 1. The minimum Gasteiger partial charge on any atom is -0.458 e. The van der Waals surface area contributed by atoms with Crippen molar-refractivity contribution >= 4 is 22.4 Å². The van der Waals surface area contributed by atoms with E-state index in [9.17, 15) is 4.79 Å². The zero-order valence-corrected chi connectivity index (χ0v) is 20.8. The van der Waals surface area contributed by atoms with Gasteiger partial charge in [-0.3, -0.25) is 9.69 Å². The lowest BCUT2D eigenvalue weighted by Gasteiger charge is -2.33. The molecular weight excluding hydrogens is 466 g/mol. The number of carbonyl (C=O) groups excluding carboxylic acids is 1. The number of fused-ring (bicyclic) bond motifs is 3. The van der Waals surface area contributed by atoms with Crippen molar-refractivity contribution in [3.05, 3.63) is 89.5 Å². The molecule has 0 unspecified atom stereocenters. The number of furan rings is 1. The Morgan fingerprint density at radius 3 is 2.84 bits per heavy atom. The molecule has 1 atom stereocenters. The molecule has 1 amide bonds. The third-order valence-corrected chi connectivity index (χ3v) is 7.71. The third-order valence-electron chi connectivity index (χ3n) is 7.71. The van der Waals surface area contributed by atoms with Gasteiger partial charge in [-0.1, -0.05) is 24.3 Å². The maximum absolute atomic E-state index is 14.0. The number of benzene rings is 1. The minimum absolute atomic E-state index is 0.0686. The molecule has 7 rings (SSSR count). The number of aromatic nitrogens is 4. The molecule has 2 aliphatic rings. The molecule has 0 saturated carbocycles. The summed E-state index contributed by atoms with van der Waals surface area (Å²) in [7, 11) is 2.17. The highest BCUT2D eigenvalue weighted by molar-refractivity contribution is 6.01. The number of rotatable bonds is 4. The summed E-state index contributed by atoms with van der Waals surface area (Å²) in [5, 5.41) is 5.57. The van der Waals surface area contributed by atoms with E-state index in [0.29, 0.717) is 24.3 Å². The van der Waals surface area contributed by atoms with Gasteiger partial charge in [-0.05, 0) is 30.8 Å². The Labute approximate surface area is 214 Å². The van der Waals surface area contributed by atoms with Crippen molar-refractivity contribution in [1.29, 1.82) is 0 Å². The van der Waals surface area contributed by atoms with Crippen LogP contribution < -0.4 is 0 Å². The molecule has 4 aromatic heterocycles. The molecule has 0 bridgehead atoms. The van der Waals surface area contributed by atoms with Crippen LogP contribution in [0.3, 0.4) is 0 Å². The highest BCUT2D eigenvalue weighted by Gasteiger charge is 2.37. The van der Waals surface area contributed by atoms with Crippen molar-refractivity contribution in [3.8, 4) is 0 Å². The largest absolute Gasteiger partial charge is 0.458 e. The van der Waals surface area contributed by atoms with Crippen molar-refractivity contribution in [2.45, 2.75) is 19.0 Å². The van der Waals surface area contributed by atoms with Crippen molar-refractivity contribution in [2.24, 2.45) is 0 Å². The summed E-state index contributed by atoms with van der Waals surface area (Å²) >= 11 is 0. The Kier molecular flexibility index (Phi) is 5.33. The van der Waals surface area contributed by atoms with Gasteiger partial charge >= 0.3 is 0 Å². The summed E-state index contributed by atoms with van der Waals surface area (Å²) in [5.74, 6) is 0.648. The van der Waals surface area contributed by atoms with Gasteiger partial charge in [0.2, 0.25) is 0 Å². The van der Waals surface area contributed by atoms with Gasteiger partial charge in [0.05, 0.1) is 29.3 Å². The fourth-order valence-electron chi connectivity index (χ4n) is 5.62. The van der Waals surface area contributed by atoms with E-state index < -0.39 is 6.04 Å². The van der Waals surface area contributed by atoms with E-state index in [1.165, 1.54) is 5.56 Å². The van der Waals surface area contributed by atoms with Gasteiger partial charge in [0.15, 0.2) is 0 Å². The topological polar surface area (TPSA) is 85.9 Å².